The predicted octanol–water partition coefficient (Wildman–Crippen LogP) is 4.30. The van der Waals surface area contributed by atoms with Crippen LogP contribution in [0.15, 0.2) is 51.9 Å². The standard InChI is InChI=1S/C22H23BrN2O3S2/c1-14-10-17(23)11-15(2)21(14)25-18-12-30(27,28)13-19(18)29-22(25)24-20(26)9-8-16-6-4-3-5-7-16/h3-7,10-11,18-19H,8-9,12-13H2,1-2H3/t18-,19-/m0/s1. The van der Waals surface area contributed by atoms with E-state index >= 15 is 0 Å². The first kappa shape index (κ1) is 21.6. The van der Waals surface area contributed by atoms with Gasteiger partial charge in [-0.25, -0.2) is 8.42 Å². The highest BCUT2D eigenvalue weighted by molar-refractivity contribution is 9.10. The average molecular weight is 507 g/mol. The van der Waals surface area contributed by atoms with Crippen LogP contribution in [0.25, 0.3) is 0 Å². The number of carbonyl (C=O) groups is 1. The number of aryl methyl sites for hydroxylation is 3. The zero-order valence-corrected chi connectivity index (χ0v) is 20.1. The topological polar surface area (TPSA) is 66.8 Å². The summed E-state index contributed by atoms with van der Waals surface area (Å²) in [4.78, 5) is 19.1. The van der Waals surface area contributed by atoms with Crippen molar-refractivity contribution in [2.75, 3.05) is 16.4 Å². The van der Waals surface area contributed by atoms with Gasteiger partial charge in [0.05, 0.1) is 17.5 Å². The number of carbonyl (C=O) groups excluding carboxylic acids is 1. The smallest absolute Gasteiger partial charge is 0.248 e. The molecule has 2 aliphatic heterocycles. The van der Waals surface area contributed by atoms with Crippen molar-refractivity contribution in [2.24, 2.45) is 4.99 Å². The molecule has 2 aromatic carbocycles. The third kappa shape index (κ3) is 4.50. The molecule has 2 saturated heterocycles. The first-order valence-electron chi connectivity index (χ1n) is 9.82. The number of anilines is 1. The number of halogens is 1. The quantitative estimate of drug-likeness (QED) is 0.618. The SMILES string of the molecule is Cc1cc(Br)cc(C)c1N1C(=NC(=O)CCc2ccccc2)S[C@H]2CS(=O)(=O)C[C@@H]21. The van der Waals surface area contributed by atoms with E-state index in [1.807, 2.05) is 61.2 Å². The van der Waals surface area contributed by atoms with Gasteiger partial charge in [-0.2, -0.15) is 4.99 Å². The summed E-state index contributed by atoms with van der Waals surface area (Å²) < 4.78 is 25.5. The van der Waals surface area contributed by atoms with Crippen molar-refractivity contribution in [3.05, 3.63) is 63.6 Å². The van der Waals surface area contributed by atoms with Crippen molar-refractivity contribution in [1.82, 2.24) is 0 Å². The van der Waals surface area contributed by atoms with Crippen LogP contribution in [0.3, 0.4) is 0 Å². The van der Waals surface area contributed by atoms with E-state index in [1.165, 1.54) is 11.8 Å². The fraction of sp³-hybridized carbons (Fsp3) is 0.364. The van der Waals surface area contributed by atoms with E-state index in [-0.39, 0.29) is 28.7 Å². The lowest BCUT2D eigenvalue weighted by Crippen LogP contribution is -2.38. The molecule has 2 aromatic rings. The molecule has 5 nitrogen and oxygen atoms in total. The van der Waals surface area contributed by atoms with E-state index < -0.39 is 9.84 Å². The molecule has 2 heterocycles. The summed E-state index contributed by atoms with van der Waals surface area (Å²) in [6, 6.07) is 13.7. The molecule has 2 fully saturated rings. The van der Waals surface area contributed by atoms with Crippen LogP contribution in [0.1, 0.15) is 23.1 Å². The molecule has 0 bridgehead atoms. The van der Waals surface area contributed by atoms with Gasteiger partial charge in [0, 0.05) is 21.8 Å². The molecule has 158 valence electrons. The van der Waals surface area contributed by atoms with Gasteiger partial charge < -0.3 is 4.90 Å². The lowest BCUT2D eigenvalue weighted by molar-refractivity contribution is -0.117. The summed E-state index contributed by atoms with van der Waals surface area (Å²) in [7, 11) is -3.09. The van der Waals surface area contributed by atoms with Crippen molar-refractivity contribution in [3.63, 3.8) is 0 Å². The van der Waals surface area contributed by atoms with E-state index in [0.717, 1.165) is 26.9 Å². The molecular weight excluding hydrogens is 484 g/mol. The number of aliphatic imine (C=N–C) groups is 1. The summed E-state index contributed by atoms with van der Waals surface area (Å²) in [6.07, 6.45) is 0.965. The summed E-state index contributed by atoms with van der Waals surface area (Å²) in [5.41, 5.74) is 4.10. The summed E-state index contributed by atoms with van der Waals surface area (Å²) in [5, 5.41) is 0.518. The summed E-state index contributed by atoms with van der Waals surface area (Å²) in [5.74, 6) is 0.0447. The second kappa shape index (κ2) is 8.48. The molecular formula is C22H23BrN2O3S2. The van der Waals surface area contributed by atoms with Crippen molar-refractivity contribution in [1.29, 1.82) is 0 Å². The molecule has 0 N–H and O–H groups in total. The Kier molecular flexibility index (Phi) is 6.10. The van der Waals surface area contributed by atoms with Gasteiger partial charge in [-0.1, -0.05) is 58.0 Å². The van der Waals surface area contributed by atoms with Gasteiger partial charge in [0.15, 0.2) is 15.0 Å². The van der Waals surface area contributed by atoms with Crippen molar-refractivity contribution in [2.45, 2.75) is 38.0 Å². The van der Waals surface area contributed by atoms with Crippen molar-refractivity contribution >= 4 is 54.3 Å². The lowest BCUT2D eigenvalue weighted by Gasteiger charge is -2.28. The van der Waals surface area contributed by atoms with Crippen LogP contribution in [0.5, 0.6) is 0 Å². The van der Waals surface area contributed by atoms with E-state index in [0.29, 0.717) is 18.0 Å². The molecule has 0 unspecified atom stereocenters. The van der Waals surface area contributed by atoms with Crippen molar-refractivity contribution < 1.29 is 13.2 Å². The number of sulfone groups is 1. The van der Waals surface area contributed by atoms with Crippen LogP contribution in [0, 0.1) is 13.8 Å². The van der Waals surface area contributed by atoms with Gasteiger partial charge in [0.2, 0.25) is 5.91 Å². The van der Waals surface area contributed by atoms with Gasteiger partial charge in [0.1, 0.15) is 0 Å². The third-order valence-electron chi connectivity index (χ3n) is 5.45. The number of hydrogen-bond donors (Lipinski definition) is 0. The van der Waals surface area contributed by atoms with Crippen LogP contribution in [0.2, 0.25) is 0 Å². The van der Waals surface area contributed by atoms with Gasteiger partial charge in [-0.3, -0.25) is 4.79 Å². The number of rotatable bonds is 4. The van der Waals surface area contributed by atoms with Crippen LogP contribution >= 0.6 is 27.7 Å². The number of benzene rings is 2. The normalized spacial score (nSPS) is 23.7. The zero-order chi connectivity index (χ0) is 21.5. The summed E-state index contributed by atoms with van der Waals surface area (Å²) in [6.45, 7) is 4.01. The Labute approximate surface area is 190 Å². The highest BCUT2D eigenvalue weighted by atomic mass is 79.9. The molecule has 0 aromatic heterocycles. The van der Waals surface area contributed by atoms with Crippen LogP contribution in [-0.2, 0) is 21.1 Å². The molecule has 0 saturated carbocycles. The average Bonchev–Trinajstić information content (AvgIpc) is 3.12. The minimum absolute atomic E-state index is 0.0941. The Hall–Kier alpha value is -1.64. The fourth-order valence-electron chi connectivity index (χ4n) is 4.17. The maximum absolute atomic E-state index is 12.7. The number of thioether (sulfide) groups is 1. The third-order valence-corrected chi connectivity index (χ3v) is 9.12. The molecule has 0 spiro atoms. The van der Waals surface area contributed by atoms with E-state index in [9.17, 15) is 13.2 Å². The maximum Gasteiger partial charge on any atom is 0.248 e. The Morgan fingerprint density at radius 2 is 1.83 bits per heavy atom. The Morgan fingerprint density at radius 1 is 1.17 bits per heavy atom. The van der Waals surface area contributed by atoms with Crippen LogP contribution < -0.4 is 4.90 Å². The van der Waals surface area contributed by atoms with Gasteiger partial charge in [-0.05, 0) is 49.1 Å². The first-order valence-corrected chi connectivity index (χ1v) is 13.3. The first-order chi connectivity index (χ1) is 14.2. The zero-order valence-electron chi connectivity index (χ0n) is 16.8. The van der Waals surface area contributed by atoms with Gasteiger partial charge >= 0.3 is 0 Å². The van der Waals surface area contributed by atoms with E-state index in [4.69, 9.17) is 0 Å². The monoisotopic (exact) mass is 506 g/mol. The molecule has 0 aliphatic carbocycles. The van der Waals surface area contributed by atoms with E-state index in [2.05, 4.69) is 20.9 Å². The lowest BCUT2D eigenvalue weighted by atomic mass is 10.1. The highest BCUT2D eigenvalue weighted by Gasteiger charge is 2.50. The largest absolute Gasteiger partial charge is 0.315 e. The molecule has 0 radical (unpaired) electrons. The fourth-order valence-corrected chi connectivity index (χ4v) is 8.77. The van der Waals surface area contributed by atoms with E-state index in [1.54, 1.807) is 0 Å². The minimum Gasteiger partial charge on any atom is -0.315 e. The number of amides is 1. The minimum atomic E-state index is -3.09. The Balaban J connectivity index is 1.65. The van der Waals surface area contributed by atoms with Crippen LogP contribution in [-0.4, -0.2) is 42.3 Å². The second-order valence-corrected chi connectivity index (χ2v) is 12.1. The number of nitrogens with zero attached hydrogens (tertiary/aromatic N) is 2. The van der Waals surface area contributed by atoms with Crippen LogP contribution in [0.4, 0.5) is 5.69 Å². The van der Waals surface area contributed by atoms with Crippen molar-refractivity contribution in [3.8, 4) is 0 Å². The highest BCUT2D eigenvalue weighted by Crippen LogP contribution is 2.43. The number of hydrogen-bond acceptors (Lipinski definition) is 4. The maximum atomic E-state index is 12.7. The summed E-state index contributed by atoms with van der Waals surface area (Å²) >= 11 is 4.95. The molecule has 8 heteroatoms. The Bertz CT molecular complexity index is 1090. The predicted molar refractivity (Wildman–Crippen MR) is 127 cm³/mol. The number of fused-ring (bicyclic) bond motifs is 1. The second-order valence-electron chi connectivity index (χ2n) is 7.83. The van der Waals surface area contributed by atoms with Gasteiger partial charge in [-0.15, -0.1) is 0 Å². The Morgan fingerprint density at radius 3 is 2.50 bits per heavy atom. The molecule has 2 atom stereocenters. The molecule has 4 rings (SSSR count). The number of amidine groups is 1. The molecule has 30 heavy (non-hydrogen) atoms. The van der Waals surface area contributed by atoms with Gasteiger partial charge in [0.25, 0.3) is 0 Å². The molecule has 1 amide bonds. The molecule has 2 aliphatic rings.